The third kappa shape index (κ3) is 4.66. The van der Waals surface area contributed by atoms with E-state index in [0.29, 0.717) is 6.54 Å². The summed E-state index contributed by atoms with van der Waals surface area (Å²) in [6.07, 6.45) is 5.62. The van der Waals surface area contributed by atoms with Crippen LogP contribution in [0.3, 0.4) is 0 Å². The van der Waals surface area contributed by atoms with Crippen LogP contribution in [0.2, 0.25) is 0 Å². The summed E-state index contributed by atoms with van der Waals surface area (Å²) in [5, 5.41) is 8.66. The van der Waals surface area contributed by atoms with Crippen molar-refractivity contribution in [2.24, 2.45) is 0 Å². The van der Waals surface area contributed by atoms with Gasteiger partial charge in [-0.15, -0.1) is 5.10 Å². The molecule has 0 N–H and O–H groups in total. The average molecular weight is 370 g/mol. The van der Waals surface area contributed by atoms with Crippen molar-refractivity contribution < 1.29 is 0 Å². The Morgan fingerprint density at radius 3 is 1.93 bits per heavy atom. The first kappa shape index (κ1) is 18.0. The Kier molecular flexibility index (Phi) is 5.49. The Balaban J connectivity index is 1.52. The third-order valence-electron chi connectivity index (χ3n) is 4.45. The third-order valence-corrected chi connectivity index (χ3v) is 4.45. The van der Waals surface area contributed by atoms with Gasteiger partial charge in [0.25, 0.3) is 0 Å². The summed E-state index contributed by atoms with van der Waals surface area (Å²) >= 11 is 0. The van der Waals surface area contributed by atoms with E-state index in [2.05, 4.69) is 44.2 Å². The summed E-state index contributed by atoms with van der Waals surface area (Å²) in [6.45, 7) is 4.17. The Labute approximate surface area is 164 Å². The van der Waals surface area contributed by atoms with Gasteiger partial charge in [-0.1, -0.05) is 35.0 Å². The van der Waals surface area contributed by atoms with E-state index in [9.17, 15) is 0 Å². The van der Waals surface area contributed by atoms with Gasteiger partial charge in [-0.05, 0) is 43.3 Å². The van der Waals surface area contributed by atoms with Gasteiger partial charge < -0.3 is 0 Å². The second-order valence-electron chi connectivity index (χ2n) is 6.78. The van der Waals surface area contributed by atoms with Crippen LogP contribution in [0, 0.1) is 6.92 Å². The number of aryl methyl sites for hydroxylation is 1. The van der Waals surface area contributed by atoms with E-state index in [4.69, 9.17) is 0 Å². The molecule has 3 heterocycles. The number of benzene rings is 1. The fraction of sp³-hybridized carbons (Fsp3) is 0.182. The fourth-order valence-electron chi connectivity index (χ4n) is 3.03. The predicted octanol–water partition coefficient (Wildman–Crippen LogP) is 3.57. The van der Waals surface area contributed by atoms with Crippen LogP contribution in [0.1, 0.15) is 22.6 Å². The van der Waals surface area contributed by atoms with Crippen molar-refractivity contribution >= 4 is 0 Å². The van der Waals surface area contributed by atoms with E-state index in [1.165, 1.54) is 5.56 Å². The first-order chi connectivity index (χ1) is 13.8. The lowest BCUT2D eigenvalue weighted by Gasteiger charge is -2.20. The maximum Gasteiger partial charge on any atom is 0.0972 e. The zero-order valence-corrected chi connectivity index (χ0v) is 15.8. The van der Waals surface area contributed by atoms with Gasteiger partial charge in [-0.25, -0.2) is 4.68 Å². The van der Waals surface area contributed by atoms with Gasteiger partial charge in [-0.2, -0.15) is 0 Å². The van der Waals surface area contributed by atoms with Crippen molar-refractivity contribution in [2.75, 3.05) is 0 Å². The highest BCUT2D eigenvalue weighted by Gasteiger charge is 2.12. The number of rotatable bonds is 7. The highest BCUT2D eigenvalue weighted by molar-refractivity contribution is 5.33. The molecular formula is C22H22N6. The van der Waals surface area contributed by atoms with Crippen LogP contribution in [-0.4, -0.2) is 29.9 Å². The normalized spacial score (nSPS) is 11.1. The molecule has 140 valence electrons. The molecule has 1 aromatic carbocycles. The maximum absolute atomic E-state index is 4.46. The molecule has 28 heavy (non-hydrogen) atoms. The van der Waals surface area contributed by atoms with Gasteiger partial charge in [0.1, 0.15) is 0 Å². The molecule has 0 atom stereocenters. The fourth-order valence-corrected chi connectivity index (χ4v) is 3.03. The summed E-state index contributed by atoms with van der Waals surface area (Å²) in [6, 6.07) is 20.2. The smallest absolute Gasteiger partial charge is 0.0972 e. The second-order valence-corrected chi connectivity index (χ2v) is 6.78. The Hall–Kier alpha value is -3.38. The highest BCUT2D eigenvalue weighted by Crippen LogP contribution is 2.13. The van der Waals surface area contributed by atoms with E-state index >= 15 is 0 Å². The number of nitrogens with zero attached hydrogens (tertiary/aromatic N) is 6. The lowest BCUT2D eigenvalue weighted by atomic mass is 10.2. The van der Waals surface area contributed by atoms with Crippen LogP contribution in [-0.2, 0) is 19.6 Å². The molecule has 0 spiro atoms. The number of hydrogen-bond acceptors (Lipinski definition) is 5. The molecule has 0 fully saturated rings. The lowest BCUT2D eigenvalue weighted by Crippen LogP contribution is -2.23. The number of pyridine rings is 2. The van der Waals surface area contributed by atoms with Gasteiger partial charge in [0.2, 0.25) is 0 Å². The molecule has 3 aromatic heterocycles. The predicted molar refractivity (Wildman–Crippen MR) is 108 cm³/mol. The zero-order valence-electron chi connectivity index (χ0n) is 15.8. The minimum Gasteiger partial charge on any atom is -0.286 e. The molecular weight excluding hydrogens is 348 g/mol. The van der Waals surface area contributed by atoms with Crippen molar-refractivity contribution in [1.82, 2.24) is 29.9 Å². The number of hydrogen-bond donors (Lipinski definition) is 0. The first-order valence-electron chi connectivity index (χ1n) is 9.27. The SMILES string of the molecule is Cc1ccc(-n2cc(CN(Cc3ccccn3)Cc3ccccn3)nn2)cc1. The van der Waals surface area contributed by atoms with Gasteiger partial charge in [0.15, 0.2) is 0 Å². The Bertz CT molecular complexity index is 955. The minimum atomic E-state index is 0.666. The summed E-state index contributed by atoms with van der Waals surface area (Å²) < 4.78 is 1.81. The Morgan fingerprint density at radius 1 is 0.750 bits per heavy atom. The van der Waals surface area contributed by atoms with Crippen LogP contribution in [0.15, 0.2) is 79.3 Å². The molecule has 0 unspecified atom stereocenters. The molecule has 0 saturated carbocycles. The highest BCUT2D eigenvalue weighted by atomic mass is 15.4. The molecule has 4 aromatic rings. The Morgan fingerprint density at radius 2 is 1.36 bits per heavy atom. The first-order valence-corrected chi connectivity index (χ1v) is 9.27. The van der Waals surface area contributed by atoms with Crippen molar-refractivity contribution in [1.29, 1.82) is 0 Å². The van der Waals surface area contributed by atoms with Gasteiger partial charge in [0, 0.05) is 32.0 Å². The van der Waals surface area contributed by atoms with Crippen LogP contribution in [0.4, 0.5) is 0 Å². The summed E-state index contributed by atoms with van der Waals surface area (Å²) in [5.74, 6) is 0. The molecule has 4 rings (SSSR count). The van der Waals surface area contributed by atoms with Crippen molar-refractivity contribution in [3.63, 3.8) is 0 Å². The number of aromatic nitrogens is 5. The van der Waals surface area contributed by atoms with Crippen molar-refractivity contribution in [3.05, 3.63) is 102 Å². The molecule has 0 radical (unpaired) electrons. The van der Waals surface area contributed by atoms with E-state index in [1.807, 2.05) is 71.8 Å². The van der Waals surface area contributed by atoms with E-state index in [0.717, 1.165) is 35.9 Å². The molecule has 0 aliphatic carbocycles. The summed E-state index contributed by atoms with van der Waals surface area (Å²) in [4.78, 5) is 11.2. The zero-order chi connectivity index (χ0) is 19.2. The summed E-state index contributed by atoms with van der Waals surface area (Å²) in [5.41, 5.74) is 5.17. The summed E-state index contributed by atoms with van der Waals surface area (Å²) in [7, 11) is 0. The van der Waals surface area contributed by atoms with Gasteiger partial charge in [-0.3, -0.25) is 14.9 Å². The second kappa shape index (κ2) is 8.54. The molecule has 0 aliphatic heterocycles. The van der Waals surface area contributed by atoms with Crippen LogP contribution >= 0.6 is 0 Å². The van der Waals surface area contributed by atoms with Gasteiger partial charge >= 0.3 is 0 Å². The van der Waals surface area contributed by atoms with Crippen LogP contribution < -0.4 is 0 Å². The molecule has 6 heteroatoms. The standard InChI is InChI=1S/C22H22N6/c1-18-8-10-22(11-9-18)28-17-21(25-26-28)16-27(14-19-6-2-4-12-23-19)15-20-7-3-5-13-24-20/h2-13,17H,14-16H2,1H3. The van der Waals surface area contributed by atoms with Crippen molar-refractivity contribution in [2.45, 2.75) is 26.6 Å². The van der Waals surface area contributed by atoms with Crippen LogP contribution in [0.25, 0.3) is 5.69 Å². The maximum atomic E-state index is 4.46. The largest absolute Gasteiger partial charge is 0.286 e. The van der Waals surface area contributed by atoms with E-state index in [1.54, 1.807) is 0 Å². The lowest BCUT2D eigenvalue weighted by molar-refractivity contribution is 0.238. The minimum absolute atomic E-state index is 0.666. The van der Waals surface area contributed by atoms with Crippen molar-refractivity contribution in [3.8, 4) is 5.69 Å². The monoisotopic (exact) mass is 370 g/mol. The molecule has 0 aliphatic rings. The average Bonchev–Trinajstić information content (AvgIpc) is 3.18. The topological polar surface area (TPSA) is 59.7 Å². The van der Waals surface area contributed by atoms with Crippen LogP contribution in [0.5, 0.6) is 0 Å². The van der Waals surface area contributed by atoms with E-state index in [-0.39, 0.29) is 0 Å². The molecule has 0 amide bonds. The molecule has 0 bridgehead atoms. The van der Waals surface area contributed by atoms with Gasteiger partial charge in [0.05, 0.1) is 29.0 Å². The molecule has 6 nitrogen and oxygen atoms in total. The quantitative estimate of drug-likeness (QED) is 0.498. The molecule has 0 saturated heterocycles. The van der Waals surface area contributed by atoms with E-state index < -0.39 is 0 Å².